The normalized spacial score (nSPS) is 19.5. The molecule has 0 aliphatic carbocycles. The van der Waals surface area contributed by atoms with E-state index in [1.165, 1.54) is 0 Å². The molecule has 1 aliphatic rings. The summed E-state index contributed by atoms with van der Waals surface area (Å²) in [7, 11) is 1.12. The summed E-state index contributed by atoms with van der Waals surface area (Å²) in [6.45, 7) is 2.04. The summed E-state index contributed by atoms with van der Waals surface area (Å²) in [4.78, 5) is 101. The summed E-state index contributed by atoms with van der Waals surface area (Å²) in [6, 6.07) is 13.0. The Labute approximate surface area is 333 Å². The lowest BCUT2D eigenvalue weighted by Crippen LogP contribution is -2.67. The van der Waals surface area contributed by atoms with E-state index < -0.39 is 117 Å². The Morgan fingerprint density at radius 1 is 0.690 bits per heavy atom. The first-order valence-electron chi connectivity index (χ1n) is 17.9. The summed E-state index contributed by atoms with van der Waals surface area (Å²) in [5, 5.41) is 9.76. The van der Waals surface area contributed by atoms with E-state index in [2.05, 4.69) is 26.0 Å². The van der Waals surface area contributed by atoms with Gasteiger partial charge in [-0.25, -0.2) is 4.79 Å². The van der Waals surface area contributed by atoms with Crippen molar-refractivity contribution in [2.75, 3.05) is 33.5 Å². The first-order chi connectivity index (χ1) is 27.7. The van der Waals surface area contributed by atoms with Crippen LogP contribution in [0, 0.1) is 0 Å². The molecule has 0 aromatic heterocycles. The Morgan fingerprint density at radius 2 is 1.28 bits per heavy atom. The van der Waals surface area contributed by atoms with Gasteiger partial charge in [0.15, 0.2) is 18.5 Å². The number of hydrogen-bond acceptors (Lipinski definition) is 16. The van der Waals surface area contributed by atoms with Gasteiger partial charge in [0.25, 0.3) is 0 Å². The number of rotatable bonds is 20. The Bertz CT molecular complexity index is 1710. The van der Waals surface area contributed by atoms with Crippen LogP contribution in [-0.4, -0.2) is 124 Å². The third kappa shape index (κ3) is 16.2. The molecule has 316 valence electrons. The Balaban J connectivity index is 1.93. The van der Waals surface area contributed by atoms with Gasteiger partial charge < -0.3 is 59.2 Å². The van der Waals surface area contributed by atoms with Crippen molar-refractivity contribution in [2.24, 2.45) is 0 Å². The van der Waals surface area contributed by atoms with Crippen molar-refractivity contribution in [1.29, 1.82) is 0 Å². The number of methoxy groups -OCH3 is 1. The molecular weight excluding hydrogens is 768 g/mol. The summed E-state index contributed by atoms with van der Waals surface area (Å²) in [6.07, 6.45) is -6.95. The highest BCUT2D eigenvalue weighted by molar-refractivity contribution is 5.92. The molecule has 1 saturated heterocycles. The van der Waals surface area contributed by atoms with Gasteiger partial charge in [0.1, 0.15) is 44.0 Å². The topological polar surface area (TPSA) is 259 Å². The highest BCUT2D eigenvalue weighted by Crippen LogP contribution is 2.28. The zero-order chi connectivity index (χ0) is 42.6. The van der Waals surface area contributed by atoms with Crippen molar-refractivity contribution in [3.8, 4) is 0 Å². The Morgan fingerprint density at radius 3 is 1.84 bits per heavy atom. The Kier molecular flexibility index (Phi) is 19.0. The quantitative estimate of drug-likeness (QED) is 0.101. The molecule has 0 unspecified atom stereocenters. The second-order valence-corrected chi connectivity index (χ2v) is 12.7. The fraction of sp³-hybridized carbons (Fsp3) is 0.474. The summed E-state index contributed by atoms with van der Waals surface area (Å²) in [5.41, 5.74) is 1.38. The predicted molar refractivity (Wildman–Crippen MR) is 197 cm³/mol. The van der Waals surface area contributed by atoms with Crippen molar-refractivity contribution in [3.05, 3.63) is 71.8 Å². The van der Waals surface area contributed by atoms with Crippen molar-refractivity contribution in [3.63, 3.8) is 0 Å². The van der Waals surface area contributed by atoms with Crippen molar-refractivity contribution >= 4 is 47.7 Å². The third-order valence-corrected chi connectivity index (χ3v) is 7.98. The van der Waals surface area contributed by atoms with E-state index in [1.54, 1.807) is 60.7 Å². The number of benzene rings is 2. The molecule has 58 heavy (non-hydrogen) atoms. The largest absolute Gasteiger partial charge is 0.468 e. The maximum Gasteiger partial charge on any atom is 0.408 e. The minimum Gasteiger partial charge on any atom is -0.468 e. The van der Waals surface area contributed by atoms with E-state index in [9.17, 15) is 38.4 Å². The smallest absolute Gasteiger partial charge is 0.408 e. The molecule has 7 atom stereocenters. The first-order valence-corrected chi connectivity index (χ1v) is 17.9. The van der Waals surface area contributed by atoms with E-state index in [0.717, 1.165) is 40.4 Å². The van der Waals surface area contributed by atoms with Gasteiger partial charge in [-0.2, -0.15) is 0 Å². The van der Waals surface area contributed by atoms with Gasteiger partial charge in [-0.05, 0) is 11.1 Å². The summed E-state index contributed by atoms with van der Waals surface area (Å²) < 4.78 is 43.6. The molecule has 1 heterocycles. The van der Waals surface area contributed by atoms with Crippen LogP contribution >= 0.6 is 0 Å². The average molecular weight is 817 g/mol. The molecule has 3 rings (SSSR count). The van der Waals surface area contributed by atoms with Crippen LogP contribution in [0.1, 0.15) is 38.8 Å². The zero-order valence-corrected chi connectivity index (χ0v) is 32.6. The number of alkyl carbamates (subject to hydrolysis) is 1. The van der Waals surface area contributed by atoms with E-state index in [-0.39, 0.29) is 13.2 Å². The molecule has 0 saturated carbocycles. The minimum atomic E-state index is -1.67. The van der Waals surface area contributed by atoms with E-state index in [0.29, 0.717) is 5.56 Å². The van der Waals surface area contributed by atoms with Crippen LogP contribution in [0.25, 0.3) is 0 Å². The molecule has 0 bridgehead atoms. The van der Waals surface area contributed by atoms with Crippen molar-refractivity contribution < 1.29 is 76.3 Å². The number of esters is 4. The van der Waals surface area contributed by atoms with Crippen LogP contribution in [0.2, 0.25) is 0 Å². The monoisotopic (exact) mass is 816 g/mol. The fourth-order valence-electron chi connectivity index (χ4n) is 5.39. The molecular formula is C38H48N4O16. The molecule has 1 aliphatic heterocycles. The second-order valence-electron chi connectivity index (χ2n) is 12.7. The minimum absolute atomic E-state index is 0.0456. The lowest BCUT2D eigenvalue weighted by atomic mass is 9.96. The van der Waals surface area contributed by atoms with Gasteiger partial charge in [0.2, 0.25) is 17.7 Å². The number of ether oxygens (including phenoxy) is 8. The zero-order valence-electron chi connectivity index (χ0n) is 32.6. The molecule has 2 aromatic rings. The predicted octanol–water partition coefficient (Wildman–Crippen LogP) is -0.0551. The number of carbonyl (C=O) groups excluding carboxylic acids is 8. The standard InChI is InChI=1S/C38H48N4O16/c1-22(43)40-32-34(57-25(4)46)33(56-24(3)45)30(21-53-23(2)44)58-37(32)54-20-29(42-38(50)55-18-27-14-10-7-11-15-27)36(49)41-28(35(48)39-16-31(47)51-5)19-52-17-26-12-8-6-9-13-26/h6-15,28-30,32-34,37H,16-21H2,1-5H3,(H,39,48)(H,40,43)(H,41,49)(H,42,50)/t28-,29-,30+,32+,33-,34+,37+/m0/s1. The van der Waals surface area contributed by atoms with E-state index in [1.807, 2.05) is 0 Å². The van der Waals surface area contributed by atoms with Crippen LogP contribution < -0.4 is 21.3 Å². The molecule has 4 amide bonds. The maximum atomic E-state index is 14.0. The molecule has 20 nitrogen and oxygen atoms in total. The van der Waals surface area contributed by atoms with Crippen LogP contribution in [0.3, 0.4) is 0 Å². The summed E-state index contributed by atoms with van der Waals surface area (Å²) in [5.74, 6) is -5.68. The van der Waals surface area contributed by atoms with Gasteiger partial charge in [0.05, 0.1) is 26.9 Å². The molecule has 4 N–H and O–H groups in total. The molecule has 1 fully saturated rings. The van der Waals surface area contributed by atoms with Crippen molar-refractivity contribution in [1.82, 2.24) is 21.3 Å². The molecule has 0 radical (unpaired) electrons. The highest BCUT2D eigenvalue weighted by Gasteiger charge is 2.51. The third-order valence-electron chi connectivity index (χ3n) is 7.98. The van der Waals surface area contributed by atoms with Crippen LogP contribution in [0.15, 0.2) is 60.7 Å². The van der Waals surface area contributed by atoms with Gasteiger partial charge in [0, 0.05) is 27.7 Å². The molecule has 0 spiro atoms. The van der Waals surface area contributed by atoms with Gasteiger partial charge in [-0.1, -0.05) is 60.7 Å². The van der Waals surface area contributed by atoms with E-state index in [4.69, 9.17) is 33.2 Å². The SMILES string of the molecule is COC(=O)CNC(=O)[C@H](COCc1ccccc1)NC(=O)[C@H](CO[C@@H]1O[C@H](COC(C)=O)[C@H](OC(C)=O)[C@H](OC(C)=O)[C@H]1NC(C)=O)NC(=O)OCc1ccccc1. The Hall–Kier alpha value is -6.12. The number of amides is 4. The van der Waals surface area contributed by atoms with Crippen LogP contribution in [0.4, 0.5) is 4.79 Å². The highest BCUT2D eigenvalue weighted by atomic mass is 16.7. The lowest BCUT2D eigenvalue weighted by Gasteiger charge is -2.45. The number of hydrogen-bond donors (Lipinski definition) is 4. The van der Waals surface area contributed by atoms with E-state index >= 15 is 0 Å². The first kappa shape index (κ1) is 46.3. The molecule has 2 aromatic carbocycles. The van der Waals surface area contributed by atoms with Crippen molar-refractivity contribution in [2.45, 2.75) is 83.6 Å². The van der Waals surface area contributed by atoms with Gasteiger partial charge >= 0.3 is 30.0 Å². The van der Waals surface area contributed by atoms with Crippen LogP contribution in [0.5, 0.6) is 0 Å². The number of nitrogens with one attached hydrogen (secondary N) is 4. The fourth-order valence-corrected chi connectivity index (χ4v) is 5.39. The summed E-state index contributed by atoms with van der Waals surface area (Å²) >= 11 is 0. The lowest BCUT2D eigenvalue weighted by molar-refractivity contribution is -0.278. The van der Waals surface area contributed by atoms with Gasteiger partial charge in [-0.3, -0.25) is 33.6 Å². The average Bonchev–Trinajstić information content (AvgIpc) is 3.18. The van der Waals surface area contributed by atoms with Crippen LogP contribution in [-0.2, 0) is 84.7 Å². The van der Waals surface area contributed by atoms with Gasteiger partial charge in [-0.15, -0.1) is 0 Å². The maximum absolute atomic E-state index is 14.0. The molecule has 20 heteroatoms. The number of carbonyl (C=O) groups is 8. The second kappa shape index (κ2) is 23.8.